The van der Waals surface area contributed by atoms with E-state index >= 15 is 0 Å². The highest BCUT2D eigenvalue weighted by atomic mass is 32.2. The molecule has 0 atom stereocenters. The number of fused-ring (bicyclic) bond motifs is 1. The summed E-state index contributed by atoms with van der Waals surface area (Å²) in [5, 5.41) is 0. The van der Waals surface area contributed by atoms with Gasteiger partial charge in [0.1, 0.15) is 0 Å². The lowest BCUT2D eigenvalue weighted by Gasteiger charge is -2.23. The maximum absolute atomic E-state index is 12.7. The maximum atomic E-state index is 12.7. The summed E-state index contributed by atoms with van der Waals surface area (Å²) in [5.74, 6) is -1.04. The third kappa shape index (κ3) is 4.51. The highest BCUT2D eigenvalue weighted by molar-refractivity contribution is 7.89. The zero-order chi connectivity index (χ0) is 19.3. The van der Waals surface area contributed by atoms with Gasteiger partial charge in [-0.25, -0.2) is 12.7 Å². The summed E-state index contributed by atoms with van der Waals surface area (Å²) < 4.78 is 26.9. The Labute approximate surface area is 156 Å². The van der Waals surface area contributed by atoms with Crippen molar-refractivity contribution in [1.29, 1.82) is 0 Å². The molecule has 1 aliphatic rings. The number of carbonyl (C=O) groups excluding carboxylic acids is 2. The second-order valence-corrected chi connectivity index (χ2v) is 8.82. The van der Waals surface area contributed by atoms with Crippen molar-refractivity contribution in [3.8, 4) is 0 Å². The standard InChI is InChI=1S/C19H28N2O4S/c1-4-6-10-20(11-7-5-2)26(24,25)13-12-21-18(22)16-9-8-15(3)14-17(16)19(21)23/h8-9,14H,4-7,10-13H2,1-3H3. The average Bonchev–Trinajstić information content (AvgIpc) is 2.83. The Morgan fingerprint density at radius 2 is 1.54 bits per heavy atom. The third-order valence-electron chi connectivity index (χ3n) is 4.61. The van der Waals surface area contributed by atoms with Gasteiger partial charge in [-0.2, -0.15) is 0 Å². The van der Waals surface area contributed by atoms with Crippen LogP contribution >= 0.6 is 0 Å². The lowest BCUT2D eigenvalue weighted by Crippen LogP contribution is -2.40. The van der Waals surface area contributed by atoms with Gasteiger partial charge in [0.2, 0.25) is 10.0 Å². The fourth-order valence-electron chi connectivity index (χ4n) is 3.00. The highest BCUT2D eigenvalue weighted by Gasteiger charge is 2.36. The molecule has 26 heavy (non-hydrogen) atoms. The molecule has 6 nitrogen and oxygen atoms in total. The predicted molar refractivity (Wildman–Crippen MR) is 102 cm³/mol. The number of benzene rings is 1. The largest absolute Gasteiger partial charge is 0.273 e. The molecule has 2 amide bonds. The Morgan fingerprint density at radius 3 is 2.12 bits per heavy atom. The Balaban J connectivity index is 2.09. The molecule has 1 aromatic carbocycles. The molecule has 0 saturated heterocycles. The van der Waals surface area contributed by atoms with Gasteiger partial charge in [-0.1, -0.05) is 38.3 Å². The van der Waals surface area contributed by atoms with Gasteiger partial charge in [0.25, 0.3) is 11.8 Å². The van der Waals surface area contributed by atoms with Gasteiger partial charge >= 0.3 is 0 Å². The number of sulfonamides is 1. The number of hydrogen-bond donors (Lipinski definition) is 0. The van der Waals surface area contributed by atoms with Crippen LogP contribution < -0.4 is 0 Å². The van der Waals surface area contributed by atoms with Crippen LogP contribution in [0.2, 0.25) is 0 Å². The van der Waals surface area contributed by atoms with Gasteiger partial charge in [-0.05, 0) is 31.9 Å². The van der Waals surface area contributed by atoms with Crippen LogP contribution in [0.5, 0.6) is 0 Å². The van der Waals surface area contributed by atoms with Crippen molar-refractivity contribution in [2.75, 3.05) is 25.4 Å². The number of hydrogen-bond acceptors (Lipinski definition) is 4. The molecule has 0 N–H and O–H groups in total. The smallest absolute Gasteiger partial charge is 0.261 e. The summed E-state index contributed by atoms with van der Waals surface area (Å²) in [7, 11) is -3.51. The third-order valence-corrected chi connectivity index (χ3v) is 6.46. The molecular formula is C19H28N2O4S. The second kappa shape index (κ2) is 8.77. The van der Waals surface area contributed by atoms with Crippen molar-refractivity contribution in [1.82, 2.24) is 9.21 Å². The zero-order valence-corrected chi connectivity index (χ0v) is 16.6. The summed E-state index contributed by atoms with van der Waals surface area (Å²) >= 11 is 0. The van der Waals surface area contributed by atoms with Crippen molar-refractivity contribution in [2.45, 2.75) is 46.5 Å². The summed E-state index contributed by atoms with van der Waals surface area (Å²) in [5.41, 5.74) is 1.61. The van der Waals surface area contributed by atoms with Crippen molar-refractivity contribution in [3.05, 3.63) is 34.9 Å². The molecule has 0 unspecified atom stereocenters. The van der Waals surface area contributed by atoms with Crippen LogP contribution in [0.3, 0.4) is 0 Å². The summed E-state index contributed by atoms with van der Waals surface area (Å²) in [6.07, 6.45) is 3.43. The van der Waals surface area contributed by atoms with E-state index in [0.29, 0.717) is 24.2 Å². The predicted octanol–water partition coefficient (Wildman–Crippen LogP) is 2.82. The molecule has 0 aromatic heterocycles. The number of rotatable bonds is 10. The minimum absolute atomic E-state index is 0.109. The van der Waals surface area contributed by atoms with E-state index in [1.165, 1.54) is 4.31 Å². The van der Waals surface area contributed by atoms with Crippen LogP contribution in [0, 0.1) is 6.92 Å². The summed E-state index contributed by atoms with van der Waals surface area (Å²) in [6.45, 7) is 6.75. The van der Waals surface area contributed by atoms with Crippen LogP contribution in [0.25, 0.3) is 0 Å². The van der Waals surface area contributed by atoms with Crippen molar-refractivity contribution in [3.63, 3.8) is 0 Å². The van der Waals surface area contributed by atoms with Gasteiger partial charge in [-0.15, -0.1) is 0 Å². The van der Waals surface area contributed by atoms with E-state index in [9.17, 15) is 18.0 Å². The normalized spacial score (nSPS) is 14.4. The van der Waals surface area contributed by atoms with Crippen LogP contribution in [-0.4, -0.2) is 54.8 Å². The first kappa shape index (κ1) is 20.6. The van der Waals surface area contributed by atoms with Crippen molar-refractivity contribution >= 4 is 21.8 Å². The van der Waals surface area contributed by atoms with Gasteiger partial charge in [-0.3, -0.25) is 14.5 Å². The molecular weight excluding hydrogens is 352 g/mol. The first-order valence-electron chi connectivity index (χ1n) is 9.26. The summed E-state index contributed by atoms with van der Waals surface area (Å²) in [4.78, 5) is 26.0. The molecule has 0 bridgehead atoms. The van der Waals surface area contributed by atoms with E-state index in [2.05, 4.69) is 0 Å². The van der Waals surface area contributed by atoms with Crippen LogP contribution in [0.4, 0.5) is 0 Å². The van der Waals surface area contributed by atoms with Gasteiger partial charge in [0.05, 0.1) is 16.9 Å². The van der Waals surface area contributed by atoms with Crippen LogP contribution in [0.1, 0.15) is 65.8 Å². The Hall–Kier alpha value is -1.73. The van der Waals surface area contributed by atoms with E-state index in [0.717, 1.165) is 36.1 Å². The van der Waals surface area contributed by atoms with Crippen LogP contribution in [0.15, 0.2) is 18.2 Å². The number of imide groups is 1. The van der Waals surface area contributed by atoms with E-state index in [-0.39, 0.29) is 12.3 Å². The minimum Gasteiger partial charge on any atom is -0.273 e. The number of unbranched alkanes of at least 4 members (excludes halogenated alkanes) is 2. The lowest BCUT2D eigenvalue weighted by atomic mass is 10.1. The molecule has 0 spiro atoms. The van der Waals surface area contributed by atoms with Gasteiger partial charge in [0, 0.05) is 19.6 Å². The Kier molecular flexibility index (Phi) is 6.94. The van der Waals surface area contributed by atoms with Crippen molar-refractivity contribution < 1.29 is 18.0 Å². The molecule has 0 radical (unpaired) electrons. The second-order valence-electron chi connectivity index (χ2n) is 6.73. The van der Waals surface area contributed by atoms with E-state index < -0.39 is 21.8 Å². The molecule has 0 aliphatic carbocycles. The van der Waals surface area contributed by atoms with E-state index in [1.54, 1.807) is 18.2 Å². The monoisotopic (exact) mass is 380 g/mol. The zero-order valence-electron chi connectivity index (χ0n) is 15.8. The lowest BCUT2D eigenvalue weighted by molar-refractivity contribution is 0.0663. The molecule has 7 heteroatoms. The molecule has 2 rings (SSSR count). The number of carbonyl (C=O) groups is 2. The fraction of sp³-hybridized carbons (Fsp3) is 0.579. The quantitative estimate of drug-likeness (QED) is 0.585. The highest BCUT2D eigenvalue weighted by Crippen LogP contribution is 2.24. The minimum atomic E-state index is -3.51. The Bertz CT molecular complexity index is 766. The molecule has 0 saturated carbocycles. The number of nitrogens with zero attached hydrogens (tertiary/aromatic N) is 2. The molecule has 1 aromatic rings. The summed E-state index contributed by atoms with van der Waals surface area (Å²) in [6, 6.07) is 5.09. The average molecular weight is 381 g/mol. The number of aryl methyl sites for hydroxylation is 1. The molecule has 144 valence electrons. The fourth-order valence-corrected chi connectivity index (χ4v) is 4.49. The van der Waals surface area contributed by atoms with Crippen LogP contribution in [-0.2, 0) is 10.0 Å². The first-order chi connectivity index (χ1) is 12.3. The van der Waals surface area contributed by atoms with E-state index in [1.807, 2.05) is 20.8 Å². The first-order valence-corrected chi connectivity index (χ1v) is 10.9. The van der Waals surface area contributed by atoms with Crippen molar-refractivity contribution in [2.24, 2.45) is 0 Å². The number of amides is 2. The SMILES string of the molecule is CCCCN(CCCC)S(=O)(=O)CCN1C(=O)c2ccc(C)cc2C1=O. The Morgan fingerprint density at radius 1 is 0.962 bits per heavy atom. The molecule has 1 aliphatic heterocycles. The molecule has 1 heterocycles. The maximum Gasteiger partial charge on any atom is 0.261 e. The topological polar surface area (TPSA) is 74.8 Å². The van der Waals surface area contributed by atoms with Gasteiger partial charge < -0.3 is 0 Å². The molecule has 0 fully saturated rings. The van der Waals surface area contributed by atoms with Gasteiger partial charge in [0.15, 0.2) is 0 Å². The van der Waals surface area contributed by atoms with E-state index in [4.69, 9.17) is 0 Å².